The van der Waals surface area contributed by atoms with Crippen LogP contribution in [0.25, 0.3) is 0 Å². The standard InChI is InChI=1S/C8H15NO2.2CH4/c1-7(10)9-5-3-8(11-2)4-6-9;;/h8H,3-6H2,1-2H3;2*1H4. The first-order chi connectivity index (χ1) is 5.24. The van der Waals surface area contributed by atoms with Gasteiger partial charge in [-0.05, 0) is 12.8 Å². The van der Waals surface area contributed by atoms with Crippen molar-refractivity contribution in [2.24, 2.45) is 0 Å². The number of nitrogens with zero attached hydrogens (tertiary/aromatic N) is 1. The number of piperidine rings is 1. The van der Waals surface area contributed by atoms with Gasteiger partial charge < -0.3 is 9.64 Å². The van der Waals surface area contributed by atoms with E-state index in [0.717, 1.165) is 25.9 Å². The molecule has 3 heteroatoms. The van der Waals surface area contributed by atoms with Gasteiger partial charge in [-0.25, -0.2) is 0 Å². The first-order valence-electron chi connectivity index (χ1n) is 4.02. The van der Waals surface area contributed by atoms with Gasteiger partial charge in [0.1, 0.15) is 0 Å². The fourth-order valence-corrected chi connectivity index (χ4v) is 1.41. The highest BCUT2D eigenvalue weighted by atomic mass is 16.5. The Kier molecular flexibility index (Phi) is 7.92. The third-order valence-corrected chi connectivity index (χ3v) is 2.22. The topological polar surface area (TPSA) is 29.5 Å². The highest BCUT2D eigenvalue weighted by molar-refractivity contribution is 5.73. The van der Waals surface area contributed by atoms with Crippen LogP contribution < -0.4 is 0 Å². The summed E-state index contributed by atoms with van der Waals surface area (Å²) >= 11 is 0. The minimum Gasteiger partial charge on any atom is -0.381 e. The Bertz CT molecular complexity index is 140. The average Bonchev–Trinajstić information content (AvgIpc) is 2.05. The lowest BCUT2D eigenvalue weighted by atomic mass is 10.1. The molecule has 3 nitrogen and oxygen atoms in total. The molecule has 1 aliphatic rings. The van der Waals surface area contributed by atoms with Crippen molar-refractivity contribution in [2.75, 3.05) is 20.2 Å². The van der Waals surface area contributed by atoms with E-state index in [9.17, 15) is 4.79 Å². The highest BCUT2D eigenvalue weighted by Gasteiger charge is 2.19. The summed E-state index contributed by atoms with van der Waals surface area (Å²) in [6.45, 7) is 3.33. The van der Waals surface area contributed by atoms with Gasteiger partial charge in [0, 0.05) is 27.1 Å². The van der Waals surface area contributed by atoms with Crippen molar-refractivity contribution in [2.45, 2.75) is 40.7 Å². The largest absolute Gasteiger partial charge is 0.381 e. The van der Waals surface area contributed by atoms with Crippen LogP contribution in [0.5, 0.6) is 0 Å². The Morgan fingerprint density at radius 3 is 2.08 bits per heavy atom. The lowest BCUT2D eigenvalue weighted by molar-refractivity contribution is -0.131. The molecule has 1 rings (SSSR count). The van der Waals surface area contributed by atoms with Crippen LogP contribution in [0.15, 0.2) is 0 Å². The molecule has 0 spiro atoms. The molecule has 1 aliphatic heterocycles. The third kappa shape index (κ3) is 4.27. The van der Waals surface area contributed by atoms with Crippen LogP contribution in [0.3, 0.4) is 0 Å². The second kappa shape index (κ2) is 6.89. The summed E-state index contributed by atoms with van der Waals surface area (Å²) < 4.78 is 5.18. The quantitative estimate of drug-likeness (QED) is 0.630. The molecule has 0 aromatic carbocycles. The van der Waals surface area contributed by atoms with E-state index in [1.54, 1.807) is 14.0 Å². The SMILES string of the molecule is C.C.COC1CCN(C(C)=O)CC1. The van der Waals surface area contributed by atoms with Crippen LogP contribution in [-0.2, 0) is 9.53 Å². The molecule has 1 amide bonds. The molecule has 0 unspecified atom stereocenters. The molecule has 1 heterocycles. The van der Waals surface area contributed by atoms with Crippen molar-refractivity contribution in [3.8, 4) is 0 Å². The lowest BCUT2D eigenvalue weighted by Gasteiger charge is -2.30. The molecule has 0 radical (unpaired) electrons. The fraction of sp³-hybridized carbons (Fsp3) is 0.900. The highest BCUT2D eigenvalue weighted by Crippen LogP contribution is 2.12. The second-order valence-corrected chi connectivity index (χ2v) is 2.94. The molecule has 0 aromatic rings. The zero-order chi connectivity index (χ0) is 8.27. The van der Waals surface area contributed by atoms with Gasteiger partial charge in [-0.1, -0.05) is 14.9 Å². The number of carbonyl (C=O) groups excluding carboxylic acids is 1. The van der Waals surface area contributed by atoms with Gasteiger partial charge in [-0.2, -0.15) is 0 Å². The Labute approximate surface area is 82.1 Å². The number of methoxy groups -OCH3 is 1. The smallest absolute Gasteiger partial charge is 0.219 e. The van der Waals surface area contributed by atoms with Crippen molar-refractivity contribution < 1.29 is 9.53 Å². The number of likely N-dealkylation sites (tertiary alicyclic amines) is 1. The first kappa shape index (κ1) is 14.9. The molecule has 0 atom stereocenters. The van der Waals surface area contributed by atoms with E-state index < -0.39 is 0 Å². The molecule has 0 aliphatic carbocycles. The second-order valence-electron chi connectivity index (χ2n) is 2.94. The Morgan fingerprint density at radius 2 is 1.77 bits per heavy atom. The zero-order valence-corrected chi connectivity index (χ0v) is 7.17. The number of hydrogen-bond donors (Lipinski definition) is 0. The molecular formula is C10H23NO2. The van der Waals surface area contributed by atoms with Gasteiger partial charge >= 0.3 is 0 Å². The van der Waals surface area contributed by atoms with Crippen molar-refractivity contribution in [3.63, 3.8) is 0 Å². The normalized spacial score (nSPS) is 17.2. The number of amides is 1. The Hall–Kier alpha value is -0.570. The molecule has 0 bridgehead atoms. The maximum Gasteiger partial charge on any atom is 0.219 e. The molecule has 13 heavy (non-hydrogen) atoms. The summed E-state index contributed by atoms with van der Waals surface area (Å²) in [7, 11) is 1.73. The van der Waals surface area contributed by atoms with Gasteiger partial charge in [-0.15, -0.1) is 0 Å². The molecule has 1 saturated heterocycles. The van der Waals surface area contributed by atoms with Crippen molar-refractivity contribution in [1.29, 1.82) is 0 Å². The number of carbonyl (C=O) groups is 1. The van der Waals surface area contributed by atoms with E-state index >= 15 is 0 Å². The predicted molar refractivity (Wildman–Crippen MR) is 55.7 cm³/mol. The van der Waals surface area contributed by atoms with Crippen LogP contribution in [0.4, 0.5) is 0 Å². The lowest BCUT2D eigenvalue weighted by Crippen LogP contribution is -2.39. The van der Waals surface area contributed by atoms with E-state index in [1.807, 2.05) is 4.90 Å². The molecule has 0 N–H and O–H groups in total. The summed E-state index contributed by atoms with van der Waals surface area (Å²) in [4.78, 5) is 12.7. The molecular weight excluding hydrogens is 166 g/mol. The Morgan fingerprint density at radius 1 is 1.31 bits per heavy atom. The van der Waals surface area contributed by atoms with Crippen LogP contribution in [0.2, 0.25) is 0 Å². The number of rotatable bonds is 1. The minimum absolute atomic E-state index is 0. The molecule has 1 fully saturated rings. The van der Waals surface area contributed by atoms with E-state index in [0.29, 0.717) is 6.10 Å². The third-order valence-electron chi connectivity index (χ3n) is 2.22. The summed E-state index contributed by atoms with van der Waals surface area (Å²) in [6.07, 6.45) is 2.33. The van der Waals surface area contributed by atoms with Gasteiger partial charge in [0.15, 0.2) is 0 Å². The van der Waals surface area contributed by atoms with Crippen LogP contribution in [-0.4, -0.2) is 37.1 Å². The van der Waals surface area contributed by atoms with Crippen molar-refractivity contribution in [3.05, 3.63) is 0 Å². The van der Waals surface area contributed by atoms with Gasteiger partial charge in [0.25, 0.3) is 0 Å². The first-order valence-corrected chi connectivity index (χ1v) is 4.02. The maximum atomic E-state index is 10.9. The zero-order valence-electron chi connectivity index (χ0n) is 7.17. The van der Waals surface area contributed by atoms with E-state index in [4.69, 9.17) is 4.74 Å². The molecule has 80 valence electrons. The minimum atomic E-state index is 0. The summed E-state index contributed by atoms with van der Waals surface area (Å²) in [5, 5.41) is 0. The molecule has 0 saturated carbocycles. The van der Waals surface area contributed by atoms with E-state index in [1.165, 1.54) is 0 Å². The van der Waals surface area contributed by atoms with Crippen LogP contribution in [0.1, 0.15) is 34.6 Å². The Balaban J connectivity index is 0. The van der Waals surface area contributed by atoms with Crippen molar-refractivity contribution in [1.82, 2.24) is 4.90 Å². The van der Waals surface area contributed by atoms with Gasteiger partial charge in [0.05, 0.1) is 6.10 Å². The summed E-state index contributed by atoms with van der Waals surface area (Å²) in [6, 6.07) is 0. The summed E-state index contributed by atoms with van der Waals surface area (Å²) in [5.41, 5.74) is 0. The average molecular weight is 189 g/mol. The van der Waals surface area contributed by atoms with Crippen molar-refractivity contribution >= 4 is 5.91 Å². The van der Waals surface area contributed by atoms with Gasteiger partial charge in [0.2, 0.25) is 5.91 Å². The van der Waals surface area contributed by atoms with Crippen LogP contribution >= 0.6 is 0 Å². The predicted octanol–water partition coefficient (Wildman–Crippen LogP) is 1.92. The fourth-order valence-electron chi connectivity index (χ4n) is 1.41. The summed E-state index contributed by atoms with van der Waals surface area (Å²) in [5.74, 6) is 0.180. The van der Waals surface area contributed by atoms with E-state index in [-0.39, 0.29) is 20.8 Å². The van der Waals surface area contributed by atoms with Crippen LogP contribution in [0, 0.1) is 0 Å². The van der Waals surface area contributed by atoms with E-state index in [2.05, 4.69) is 0 Å². The monoisotopic (exact) mass is 189 g/mol. The van der Waals surface area contributed by atoms with Gasteiger partial charge in [-0.3, -0.25) is 4.79 Å². The number of hydrogen-bond acceptors (Lipinski definition) is 2. The number of ether oxygens (including phenoxy) is 1. The maximum absolute atomic E-state index is 10.9. The molecule has 0 aromatic heterocycles.